The van der Waals surface area contributed by atoms with Crippen LogP contribution in [0.4, 0.5) is 0 Å². The van der Waals surface area contributed by atoms with E-state index in [9.17, 15) is 0 Å². The molecule has 0 bridgehead atoms. The van der Waals surface area contributed by atoms with Crippen LogP contribution in [0.2, 0.25) is 0 Å². The molecule has 0 saturated heterocycles. The third-order valence-corrected chi connectivity index (χ3v) is 3.86. The molecule has 1 unspecified atom stereocenters. The molecule has 1 aromatic carbocycles. The second-order valence-electron chi connectivity index (χ2n) is 5.74. The van der Waals surface area contributed by atoms with E-state index in [0.29, 0.717) is 0 Å². The van der Waals surface area contributed by atoms with Crippen molar-refractivity contribution in [1.82, 2.24) is 9.78 Å². The molecule has 0 amide bonds. The van der Waals surface area contributed by atoms with E-state index in [0.717, 1.165) is 12.8 Å². The van der Waals surface area contributed by atoms with Crippen molar-refractivity contribution in [3.8, 4) is 0 Å². The molecular formula is C16H23N3. The van der Waals surface area contributed by atoms with E-state index in [4.69, 9.17) is 5.73 Å². The second-order valence-corrected chi connectivity index (χ2v) is 5.74. The summed E-state index contributed by atoms with van der Waals surface area (Å²) in [7, 11) is 1.94. The van der Waals surface area contributed by atoms with Crippen molar-refractivity contribution in [1.29, 1.82) is 0 Å². The van der Waals surface area contributed by atoms with E-state index in [1.807, 2.05) is 17.9 Å². The maximum atomic E-state index is 6.48. The van der Waals surface area contributed by atoms with E-state index >= 15 is 0 Å². The van der Waals surface area contributed by atoms with Crippen LogP contribution >= 0.6 is 0 Å². The van der Waals surface area contributed by atoms with Gasteiger partial charge in [-0.3, -0.25) is 4.68 Å². The fourth-order valence-corrected chi connectivity index (χ4v) is 2.25. The Hall–Kier alpha value is -1.61. The smallest absolute Gasteiger partial charge is 0.0521 e. The molecule has 0 radical (unpaired) electrons. The van der Waals surface area contributed by atoms with Gasteiger partial charge in [0.2, 0.25) is 0 Å². The van der Waals surface area contributed by atoms with Gasteiger partial charge >= 0.3 is 0 Å². The molecule has 102 valence electrons. The van der Waals surface area contributed by atoms with Crippen LogP contribution in [0, 0.1) is 13.8 Å². The van der Waals surface area contributed by atoms with Crippen molar-refractivity contribution in [3.63, 3.8) is 0 Å². The Kier molecular flexibility index (Phi) is 3.76. The number of nitrogens with two attached hydrogens (primary N) is 1. The molecule has 2 rings (SSSR count). The summed E-state index contributed by atoms with van der Waals surface area (Å²) < 4.78 is 1.83. The molecule has 1 heterocycles. The van der Waals surface area contributed by atoms with Gasteiger partial charge in [0, 0.05) is 18.8 Å². The summed E-state index contributed by atoms with van der Waals surface area (Å²) in [5.41, 5.74) is 11.2. The zero-order valence-electron chi connectivity index (χ0n) is 12.3. The highest BCUT2D eigenvalue weighted by Gasteiger charge is 2.21. The van der Waals surface area contributed by atoms with Gasteiger partial charge in [-0.05, 0) is 55.9 Å². The minimum atomic E-state index is -0.297. The maximum absolute atomic E-state index is 6.48. The van der Waals surface area contributed by atoms with E-state index in [1.54, 1.807) is 0 Å². The van der Waals surface area contributed by atoms with E-state index in [2.05, 4.69) is 50.3 Å². The molecule has 0 saturated carbocycles. The molecule has 1 aromatic heterocycles. The van der Waals surface area contributed by atoms with Crippen molar-refractivity contribution in [2.75, 3.05) is 0 Å². The lowest BCUT2D eigenvalue weighted by Crippen LogP contribution is -2.33. The fourth-order valence-electron chi connectivity index (χ4n) is 2.25. The highest BCUT2D eigenvalue weighted by atomic mass is 15.2. The molecular weight excluding hydrogens is 234 g/mol. The van der Waals surface area contributed by atoms with Gasteiger partial charge in [-0.25, -0.2) is 0 Å². The van der Waals surface area contributed by atoms with Gasteiger partial charge in [-0.1, -0.05) is 18.2 Å². The Balaban J connectivity index is 2.10. The van der Waals surface area contributed by atoms with Crippen LogP contribution in [-0.2, 0) is 19.0 Å². The number of aryl methyl sites for hydroxylation is 4. The van der Waals surface area contributed by atoms with Crippen LogP contribution in [-0.4, -0.2) is 9.78 Å². The summed E-state index contributed by atoms with van der Waals surface area (Å²) in [4.78, 5) is 0. The van der Waals surface area contributed by atoms with Crippen molar-refractivity contribution >= 4 is 0 Å². The zero-order chi connectivity index (χ0) is 14.0. The molecule has 2 aromatic rings. The van der Waals surface area contributed by atoms with E-state index in [-0.39, 0.29) is 5.54 Å². The Morgan fingerprint density at radius 2 is 2.00 bits per heavy atom. The lowest BCUT2D eigenvalue weighted by molar-refractivity contribution is 0.452. The highest BCUT2D eigenvalue weighted by molar-refractivity contribution is 5.33. The molecule has 2 N–H and O–H groups in total. The van der Waals surface area contributed by atoms with Gasteiger partial charge in [0.25, 0.3) is 0 Å². The lowest BCUT2D eigenvalue weighted by atomic mass is 9.86. The predicted molar refractivity (Wildman–Crippen MR) is 79.0 cm³/mol. The predicted octanol–water partition coefficient (Wildman–Crippen LogP) is 2.84. The highest BCUT2D eigenvalue weighted by Crippen LogP contribution is 2.25. The average Bonchev–Trinajstić information content (AvgIpc) is 2.76. The van der Waals surface area contributed by atoms with Gasteiger partial charge in [0.15, 0.2) is 0 Å². The lowest BCUT2D eigenvalue weighted by Gasteiger charge is -2.26. The number of nitrogens with zero attached hydrogens (tertiary/aromatic N) is 2. The summed E-state index contributed by atoms with van der Waals surface area (Å²) in [6, 6.07) is 6.50. The van der Waals surface area contributed by atoms with Gasteiger partial charge in [0.1, 0.15) is 0 Å². The molecule has 3 heteroatoms. The topological polar surface area (TPSA) is 43.8 Å². The summed E-state index contributed by atoms with van der Waals surface area (Å²) in [6.45, 7) is 6.37. The summed E-state index contributed by atoms with van der Waals surface area (Å²) in [5.74, 6) is 0. The largest absolute Gasteiger partial charge is 0.322 e. The van der Waals surface area contributed by atoms with Gasteiger partial charge in [0.05, 0.1) is 6.20 Å². The third-order valence-electron chi connectivity index (χ3n) is 3.86. The Morgan fingerprint density at radius 1 is 1.26 bits per heavy atom. The summed E-state index contributed by atoms with van der Waals surface area (Å²) >= 11 is 0. The SMILES string of the molecule is Cc1ccc(C(C)(N)CCc2cnn(C)c2)cc1C. The van der Waals surface area contributed by atoms with Gasteiger partial charge in [-0.15, -0.1) is 0 Å². The molecule has 19 heavy (non-hydrogen) atoms. The number of benzene rings is 1. The first kappa shape index (κ1) is 13.8. The quantitative estimate of drug-likeness (QED) is 0.915. The monoisotopic (exact) mass is 257 g/mol. The molecule has 0 fully saturated rings. The second kappa shape index (κ2) is 5.17. The third kappa shape index (κ3) is 3.24. The molecule has 0 aliphatic heterocycles. The molecule has 0 aliphatic rings. The van der Waals surface area contributed by atoms with Crippen molar-refractivity contribution in [2.45, 2.75) is 39.2 Å². The van der Waals surface area contributed by atoms with Gasteiger partial charge < -0.3 is 5.73 Å². The molecule has 1 atom stereocenters. The van der Waals surface area contributed by atoms with Gasteiger partial charge in [-0.2, -0.15) is 5.10 Å². The first-order valence-corrected chi connectivity index (χ1v) is 6.72. The standard InChI is InChI=1S/C16H23N3/c1-12-5-6-15(9-13(12)2)16(3,17)8-7-14-10-18-19(4)11-14/h5-6,9-11H,7-8,17H2,1-4H3. The molecule has 3 nitrogen and oxygen atoms in total. The fraction of sp³-hybridized carbons (Fsp3) is 0.438. The zero-order valence-corrected chi connectivity index (χ0v) is 12.3. The average molecular weight is 257 g/mol. The van der Waals surface area contributed by atoms with Crippen LogP contribution < -0.4 is 5.73 Å². The Labute approximate surface area is 115 Å². The number of hydrogen-bond acceptors (Lipinski definition) is 2. The number of aromatic nitrogens is 2. The molecule has 0 spiro atoms. The Morgan fingerprint density at radius 3 is 2.58 bits per heavy atom. The number of hydrogen-bond donors (Lipinski definition) is 1. The maximum Gasteiger partial charge on any atom is 0.0521 e. The number of rotatable bonds is 4. The van der Waals surface area contributed by atoms with Crippen LogP contribution in [0.15, 0.2) is 30.6 Å². The minimum absolute atomic E-state index is 0.297. The Bertz CT molecular complexity index is 567. The summed E-state index contributed by atoms with van der Waals surface area (Å²) in [6.07, 6.45) is 5.84. The molecule has 0 aliphatic carbocycles. The minimum Gasteiger partial charge on any atom is -0.322 e. The van der Waals surface area contributed by atoms with Crippen LogP contribution in [0.3, 0.4) is 0 Å². The van der Waals surface area contributed by atoms with Crippen LogP contribution in [0.5, 0.6) is 0 Å². The van der Waals surface area contributed by atoms with E-state index < -0.39 is 0 Å². The van der Waals surface area contributed by atoms with E-state index in [1.165, 1.54) is 22.3 Å². The van der Waals surface area contributed by atoms with Crippen molar-refractivity contribution < 1.29 is 0 Å². The van der Waals surface area contributed by atoms with Crippen LogP contribution in [0.25, 0.3) is 0 Å². The van der Waals surface area contributed by atoms with Crippen molar-refractivity contribution in [3.05, 3.63) is 52.8 Å². The summed E-state index contributed by atoms with van der Waals surface area (Å²) in [5, 5.41) is 4.19. The normalized spacial score (nSPS) is 14.4. The van der Waals surface area contributed by atoms with Crippen LogP contribution in [0.1, 0.15) is 35.6 Å². The van der Waals surface area contributed by atoms with Crippen molar-refractivity contribution in [2.24, 2.45) is 12.8 Å². The first-order valence-electron chi connectivity index (χ1n) is 6.72. The first-order chi connectivity index (χ1) is 8.88.